The van der Waals surface area contributed by atoms with E-state index in [2.05, 4.69) is 0 Å². The van der Waals surface area contributed by atoms with Gasteiger partial charge in [-0.3, -0.25) is 4.79 Å². The minimum absolute atomic E-state index is 0. The molecule has 0 spiro atoms. The smallest absolute Gasteiger partial charge is 0.303 e. The first-order valence-corrected chi connectivity index (χ1v) is 1.78. The summed E-state index contributed by atoms with van der Waals surface area (Å²) in [5, 5.41) is 7.72. The van der Waals surface area contributed by atoms with Crippen LogP contribution < -0.4 is 0 Å². The molecule has 3 nitrogen and oxygen atoms in total. The lowest BCUT2D eigenvalue weighted by molar-refractivity contribution is -0.136. The van der Waals surface area contributed by atoms with Gasteiger partial charge in [-0.05, 0) is 0 Å². The molecular weight excluding hydrogens is 108 g/mol. The summed E-state index contributed by atoms with van der Waals surface area (Å²) in [6, 6.07) is 0. The minimum Gasteiger partial charge on any atom is -0.481 e. The molecule has 0 unspecified atom stereocenters. The summed E-state index contributed by atoms with van der Waals surface area (Å²) in [6.45, 7) is 3.60. The van der Waals surface area contributed by atoms with E-state index in [1.54, 1.807) is 6.92 Å². The number of carbonyl (C=O) groups excluding carboxylic acids is 1. The Kier molecular flexibility index (Phi) is 32.3. The third-order valence-electron chi connectivity index (χ3n) is 0.302. The molecule has 0 aromatic rings. The zero-order valence-corrected chi connectivity index (χ0v) is 4.18. The number of aliphatic carboxylic acids is 1. The van der Waals surface area contributed by atoms with Crippen LogP contribution in [0.1, 0.15) is 20.8 Å². The molecule has 3 heteroatoms. The molecular formula is C5H12O3. The van der Waals surface area contributed by atoms with Crippen molar-refractivity contribution < 1.29 is 14.7 Å². The van der Waals surface area contributed by atoms with Crippen molar-refractivity contribution in [2.45, 2.75) is 20.8 Å². The Morgan fingerprint density at radius 1 is 1.62 bits per heavy atom. The molecule has 0 saturated heterocycles. The highest BCUT2D eigenvalue weighted by Gasteiger charge is 1.80. The van der Waals surface area contributed by atoms with E-state index in [9.17, 15) is 4.79 Å². The van der Waals surface area contributed by atoms with Crippen molar-refractivity contribution in [1.82, 2.24) is 0 Å². The predicted octanol–water partition coefficient (Wildman–Crippen LogP) is 0.932. The monoisotopic (exact) mass is 120 g/mol. The quantitative estimate of drug-likeness (QED) is 0.560. The third kappa shape index (κ3) is 67.8. The van der Waals surface area contributed by atoms with Crippen LogP contribution in [0.15, 0.2) is 0 Å². The lowest BCUT2D eigenvalue weighted by atomic mass is 10.5. The zero-order chi connectivity index (χ0) is 6.28. The standard InChI is InChI=1S/C3H6O2.CH2O.CH4/c1-2-3(4)5;1-2;/h2H2,1H3,(H,4,5);1H2;1H4. The lowest BCUT2D eigenvalue weighted by Crippen LogP contribution is -1.86. The Morgan fingerprint density at radius 2 is 1.75 bits per heavy atom. The molecule has 0 aliphatic rings. The van der Waals surface area contributed by atoms with E-state index >= 15 is 0 Å². The molecule has 0 rings (SSSR count). The number of carboxylic acids is 1. The van der Waals surface area contributed by atoms with Crippen molar-refractivity contribution in [2.75, 3.05) is 0 Å². The number of carbonyl (C=O) groups is 2. The van der Waals surface area contributed by atoms with Gasteiger partial charge in [0, 0.05) is 6.42 Å². The van der Waals surface area contributed by atoms with E-state index in [0.717, 1.165) is 0 Å². The molecule has 0 fully saturated rings. The normalized spacial score (nSPS) is 5.12. The molecule has 0 atom stereocenters. The van der Waals surface area contributed by atoms with Gasteiger partial charge in [0.2, 0.25) is 0 Å². The van der Waals surface area contributed by atoms with Crippen LogP contribution in [0.2, 0.25) is 0 Å². The van der Waals surface area contributed by atoms with E-state index in [0.29, 0.717) is 0 Å². The summed E-state index contributed by atoms with van der Waals surface area (Å²) in [5.74, 6) is -0.745. The van der Waals surface area contributed by atoms with Crippen LogP contribution in [0.25, 0.3) is 0 Å². The van der Waals surface area contributed by atoms with Gasteiger partial charge in [0.15, 0.2) is 0 Å². The van der Waals surface area contributed by atoms with Gasteiger partial charge in [-0.15, -0.1) is 0 Å². The summed E-state index contributed by atoms with van der Waals surface area (Å²) >= 11 is 0. The Balaban J connectivity index is -0.0000000750. The van der Waals surface area contributed by atoms with Crippen molar-refractivity contribution in [1.29, 1.82) is 0 Å². The van der Waals surface area contributed by atoms with Crippen molar-refractivity contribution in [3.8, 4) is 0 Å². The van der Waals surface area contributed by atoms with Crippen LogP contribution in [0.4, 0.5) is 0 Å². The number of hydrogen-bond acceptors (Lipinski definition) is 2. The summed E-state index contributed by atoms with van der Waals surface area (Å²) in [6.07, 6.45) is 0.222. The van der Waals surface area contributed by atoms with Crippen LogP contribution in [0.5, 0.6) is 0 Å². The van der Waals surface area contributed by atoms with Crippen LogP contribution in [0.3, 0.4) is 0 Å². The van der Waals surface area contributed by atoms with E-state index in [1.807, 2.05) is 6.79 Å². The van der Waals surface area contributed by atoms with Gasteiger partial charge in [-0.1, -0.05) is 14.4 Å². The fourth-order valence-corrected chi connectivity index (χ4v) is 0. The first kappa shape index (κ1) is 15.7. The Labute approximate surface area is 49.3 Å². The number of rotatable bonds is 1. The van der Waals surface area contributed by atoms with Crippen molar-refractivity contribution >= 4 is 12.8 Å². The Bertz CT molecular complexity index is 51.6. The molecule has 0 bridgehead atoms. The molecule has 0 saturated carbocycles. The first-order chi connectivity index (χ1) is 3.27. The molecule has 0 aromatic carbocycles. The second-order valence-electron chi connectivity index (χ2n) is 0.747. The molecule has 0 amide bonds. The van der Waals surface area contributed by atoms with Crippen LogP contribution in [0, 0.1) is 0 Å². The highest BCUT2D eigenvalue weighted by Crippen LogP contribution is 1.67. The average molecular weight is 120 g/mol. The first-order valence-electron chi connectivity index (χ1n) is 1.78. The SMILES string of the molecule is C.C=O.CCC(=O)O. The fourth-order valence-electron chi connectivity index (χ4n) is 0. The topological polar surface area (TPSA) is 54.4 Å². The lowest BCUT2D eigenvalue weighted by Gasteiger charge is -1.71. The Hall–Kier alpha value is -0.860. The summed E-state index contributed by atoms with van der Waals surface area (Å²) in [4.78, 5) is 17.4. The molecule has 50 valence electrons. The van der Waals surface area contributed by atoms with Gasteiger partial charge in [0.1, 0.15) is 6.79 Å². The maximum atomic E-state index is 9.37. The molecule has 0 aromatic heterocycles. The summed E-state index contributed by atoms with van der Waals surface area (Å²) in [5.41, 5.74) is 0. The van der Waals surface area contributed by atoms with Crippen LogP contribution in [-0.2, 0) is 9.59 Å². The Morgan fingerprint density at radius 3 is 1.75 bits per heavy atom. The summed E-state index contributed by atoms with van der Waals surface area (Å²) < 4.78 is 0. The van der Waals surface area contributed by atoms with Gasteiger partial charge < -0.3 is 9.90 Å². The zero-order valence-electron chi connectivity index (χ0n) is 4.18. The second-order valence-corrected chi connectivity index (χ2v) is 0.747. The predicted molar refractivity (Wildman–Crippen MR) is 31.8 cm³/mol. The van der Waals surface area contributed by atoms with Crippen molar-refractivity contribution in [2.24, 2.45) is 0 Å². The van der Waals surface area contributed by atoms with E-state index in [1.165, 1.54) is 0 Å². The minimum atomic E-state index is -0.745. The van der Waals surface area contributed by atoms with Gasteiger partial charge >= 0.3 is 5.97 Å². The summed E-state index contributed by atoms with van der Waals surface area (Å²) in [7, 11) is 0. The highest BCUT2D eigenvalue weighted by molar-refractivity contribution is 5.66. The van der Waals surface area contributed by atoms with E-state index in [4.69, 9.17) is 9.90 Å². The maximum absolute atomic E-state index is 9.37. The fraction of sp³-hybridized carbons (Fsp3) is 0.600. The number of hydrogen-bond donors (Lipinski definition) is 1. The van der Waals surface area contributed by atoms with Gasteiger partial charge in [-0.25, -0.2) is 0 Å². The third-order valence-corrected chi connectivity index (χ3v) is 0.302. The van der Waals surface area contributed by atoms with Gasteiger partial charge in [0.25, 0.3) is 0 Å². The molecule has 0 aliphatic heterocycles. The maximum Gasteiger partial charge on any atom is 0.303 e. The van der Waals surface area contributed by atoms with Crippen molar-refractivity contribution in [3.63, 3.8) is 0 Å². The largest absolute Gasteiger partial charge is 0.481 e. The van der Waals surface area contributed by atoms with Crippen molar-refractivity contribution in [3.05, 3.63) is 0 Å². The van der Waals surface area contributed by atoms with Crippen LogP contribution >= 0.6 is 0 Å². The van der Waals surface area contributed by atoms with E-state index in [-0.39, 0.29) is 13.8 Å². The molecule has 0 aliphatic carbocycles. The molecule has 0 radical (unpaired) electrons. The molecule has 1 N–H and O–H groups in total. The van der Waals surface area contributed by atoms with E-state index < -0.39 is 5.97 Å². The highest BCUT2D eigenvalue weighted by atomic mass is 16.4. The second kappa shape index (κ2) is 16.5. The average Bonchev–Trinajstić information content (AvgIpc) is 1.73. The van der Waals surface area contributed by atoms with Gasteiger partial charge in [0.05, 0.1) is 0 Å². The molecule has 8 heavy (non-hydrogen) atoms. The van der Waals surface area contributed by atoms with Gasteiger partial charge in [-0.2, -0.15) is 0 Å². The number of carboxylic acid groups (broad SMARTS) is 1. The molecule has 0 heterocycles. The van der Waals surface area contributed by atoms with Crippen LogP contribution in [-0.4, -0.2) is 17.9 Å².